The smallest absolute Gasteiger partial charge is 0.240 e. The highest BCUT2D eigenvalue weighted by Gasteiger charge is 2.46. The van der Waals surface area contributed by atoms with Gasteiger partial charge >= 0.3 is 0 Å². The molecule has 7 heteroatoms. The van der Waals surface area contributed by atoms with Crippen LogP contribution in [0.3, 0.4) is 0 Å². The van der Waals surface area contributed by atoms with Crippen LogP contribution in [-0.2, 0) is 11.3 Å². The molecule has 0 atom stereocenters. The van der Waals surface area contributed by atoms with Crippen molar-refractivity contribution in [3.05, 3.63) is 59.1 Å². The molecule has 1 aliphatic rings. The Morgan fingerprint density at radius 2 is 1.93 bits per heavy atom. The maximum absolute atomic E-state index is 13.2. The topological polar surface area (TPSA) is 104 Å². The monoisotopic (exact) mass is 407 g/mol. The second-order valence-electron chi connectivity index (χ2n) is 7.82. The van der Waals surface area contributed by atoms with Gasteiger partial charge in [-0.05, 0) is 45.9 Å². The molecule has 0 radical (unpaired) electrons. The second-order valence-corrected chi connectivity index (χ2v) is 7.82. The Hall–Kier alpha value is -3.48. The quantitative estimate of drug-likeness (QED) is 0.440. The lowest BCUT2D eigenvalue weighted by atomic mass is 9.77. The van der Waals surface area contributed by atoms with E-state index in [1.165, 1.54) is 18.9 Å². The van der Waals surface area contributed by atoms with Gasteiger partial charge in [-0.15, -0.1) is 0 Å². The van der Waals surface area contributed by atoms with Crippen molar-refractivity contribution in [2.75, 3.05) is 12.0 Å². The highest BCUT2D eigenvalue weighted by molar-refractivity contribution is 6.26. The SMILES string of the molecule is COc1cc2c(cc1/C(C(C)=N)=C(\C)O)C(=O)C(C)(C)C(=O)N2Cc1ccccn1. The van der Waals surface area contributed by atoms with Gasteiger partial charge in [0, 0.05) is 34.7 Å². The number of hydrogen-bond donors (Lipinski definition) is 2. The number of methoxy groups -OCH3 is 1. The lowest BCUT2D eigenvalue weighted by molar-refractivity contribution is -0.124. The molecule has 0 aliphatic carbocycles. The zero-order chi connectivity index (χ0) is 22.2. The number of hydrogen-bond acceptors (Lipinski definition) is 6. The van der Waals surface area contributed by atoms with Crippen molar-refractivity contribution < 1.29 is 19.4 Å². The first kappa shape index (κ1) is 21.2. The summed E-state index contributed by atoms with van der Waals surface area (Å²) in [7, 11) is 1.47. The number of aromatic nitrogens is 1. The van der Waals surface area contributed by atoms with Crippen LogP contribution in [0, 0.1) is 10.8 Å². The van der Waals surface area contributed by atoms with Crippen molar-refractivity contribution in [1.29, 1.82) is 5.41 Å². The zero-order valence-electron chi connectivity index (χ0n) is 17.7. The third-order valence-electron chi connectivity index (χ3n) is 5.25. The number of aliphatic hydroxyl groups is 1. The van der Waals surface area contributed by atoms with E-state index in [0.717, 1.165) is 0 Å². The number of anilines is 1. The maximum Gasteiger partial charge on any atom is 0.240 e. The molecule has 0 fully saturated rings. The molecule has 1 aromatic heterocycles. The van der Waals surface area contributed by atoms with Gasteiger partial charge in [-0.2, -0.15) is 0 Å². The van der Waals surface area contributed by atoms with Crippen LogP contribution in [0.15, 0.2) is 42.3 Å². The van der Waals surface area contributed by atoms with Gasteiger partial charge in [0.2, 0.25) is 5.91 Å². The minimum atomic E-state index is -1.26. The van der Waals surface area contributed by atoms with Crippen molar-refractivity contribution in [1.82, 2.24) is 4.98 Å². The summed E-state index contributed by atoms with van der Waals surface area (Å²) in [6, 6.07) is 8.67. The van der Waals surface area contributed by atoms with Crippen LogP contribution in [0.5, 0.6) is 5.75 Å². The first-order valence-corrected chi connectivity index (χ1v) is 9.54. The molecular formula is C23H25N3O4. The van der Waals surface area contributed by atoms with Gasteiger partial charge in [0.25, 0.3) is 0 Å². The molecule has 0 saturated heterocycles. The van der Waals surface area contributed by atoms with Gasteiger partial charge in [0.05, 0.1) is 30.8 Å². The van der Waals surface area contributed by atoms with Crippen LogP contribution in [0.25, 0.3) is 5.57 Å². The number of allylic oxidation sites excluding steroid dienone is 2. The van der Waals surface area contributed by atoms with Crippen molar-refractivity contribution in [2.24, 2.45) is 5.41 Å². The number of ketones is 1. The lowest BCUT2D eigenvalue weighted by Crippen LogP contribution is -2.49. The summed E-state index contributed by atoms with van der Waals surface area (Å²) in [5.41, 5.74) is 1.04. The maximum atomic E-state index is 13.2. The Balaban J connectivity index is 2.27. The van der Waals surface area contributed by atoms with Gasteiger partial charge in [-0.25, -0.2) is 0 Å². The van der Waals surface area contributed by atoms with Gasteiger partial charge in [0.1, 0.15) is 11.2 Å². The van der Waals surface area contributed by atoms with Gasteiger partial charge in [0.15, 0.2) is 5.78 Å². The van der Waals surface area contributed by atoms with Crippen LogP contribution < -0.4 is 9.64 Å². The second kappa shape index (κ2) is 7.74. The summed E-state index contributed by atoms with van der Waals surface area (Å²) in [6.45, 7) is 6.44. The van der Waals surface area contributed by atoms with Crippen LogP contribution in [-0.4, -0.2) is 34.6 Å². The Kier molecular flexibility index (Phi) is 5.48. The zero-order valence-corrected chi connectivity index (χ0v) is 17.7. The molecule has 1 amide bonds. The number of carbonyl (C=O) groups is 2. The fourth-order valence-electron chi connectivity index (χ4n) is 3.70. The van der Waals surface area contributed by atoms with Crippen molar-refractivity contribution >= 4 is 28.7 Å². The standard InChI is InChI=1S/C23H25N3O4/c1-13(24)20(14(2)27)17-10-16-18(11-19(17)30-5)26(12-15-8-6-7-9-25-15)22(29)23(3,4)21(16)28/h6-11,24,27H,12H2,1-5H3/b20-14+,24-13?. The number of fused-ring (bicyclic) bond motifs is 1. The minimum absolute atomic E-state index is 0.0512. The summed E-state index contributed by atoms with van der Waals surface area (Å²) >= 11 is 0. The normalized spacial score (nSPS) is 16.1. The third kappa shape index (κ3) is 3.47. The predicted octanol–water partition coefficient (Wildman–Crippen LogP) is 4.17. The van der Waals surface area contributed by atoms with E-state index in [4.69, 9.17) is 10.1 Å². The van der Waals surface area contributed by atoms with Crippen LogP contribution in [0.4, 0.5) is 5.69 Å². The highest BCUT2D eigenvalue weighted by Crippen LogP contribution is 2.43. The van der Waals surface area contributed by atoms with E-state index >= 15 is 0 Å². The average molecular weight is 407 g/mol. The molecular weight excluding hydrogens is 382 g/mol. The molecule has 30 heavy (non-hydrogen) atoms. The van der Waals surface area contributed by atoms with E-state index in [0.29, 0.717) is 28.3 Å². The molecule has 2 aromatic rings. The average Bonchev–Trinajstić information content (AvgIpc) is 2.70. The molecule has 0 spiro atoms. The van der Waals surface area contributed by atoms with E-state index in [1.807, 2.05) is 12.1 Å². The molecule has 0 bridgehead atoms. The number of nitrogens with zero attached hydrogens (tertiary/aromatic N) is 2. The number of amides is 1. The Morgan fingerprint density at radius 1 is 1.23 bits per heavy atom. The molecule has 1 aromatic carbocycles. The van der Waals surface area contributed by atoms with E-state index in [1.54, 1.807) is 45.2 Å². The molecule has 156 valence electrons. The first-order valence-electron chi connectivity index (χ1n) is 9.54. The summed E-state index contributed by atoms with van der Waals surface area (Å²) in [4.78, 5) is 32.3. The molecule has 7 nitrogen and oxygen atoms in total. The summed E-state index contributed by atoms with van der Waals surface area (Å²) < 4.78 is 5.51. The fourth-order valence-corrected chi connectivity index (χ4v) is 3.70. The largest absolute Gasteiger partial charge is 0.512 e. The summed E-state index contributed by atoms with van der Waals surface area (Å²) in [5, 5.41) is 18.2. The van der Waals surface area contributed by atoms with Crippen LogP contribution in [0.2, 0.25) is 0 Å². The number of carbonyl (C=O) groups excluding carboxylic acids is 2. The molecule has 2 N–H and O–H groups in total. The number of benzene rings is 1. The number of rotatable bonds is 5. The number of nitrogens with one attached hydrogen (secondary N) is 1. The van der Waals surface area contributed by atoms with Gasteiger partial charge in [-0.3, -0.25) is 14.6 Å². The fraction of sp³-hybridized carbons (Fsp3) is 0.304. The van der Waals surface area contributed by atoms with E-state index in [-0.39, 0.29) is 35.3 Å². The molecule has 0 saturated carbocycles. The van der Waals surface area contributed by atoms with Crippen LogP contribution in [0.1, 0.15) is 49.3 Å². The predicted molar refractivity (Wildman–Crippen MR) is 115 cm³/mol. The van der Waals surface area contributed by atoms with Crippen molar-refractivity contribution in [3.8, 4) is 5.75 Å². The summed E-state index contributed by atoms with van der Waals surface area (Å²) in [6.07, 6.45) is 1.65. The highest BCUT2D eigenvalue weighted by atomic mass is 16.5. The van der Waals surface area contributed by atoms with E-state index < -0.39 is 5.41 Å². The van der Waals surface area contributed by atoms with Crippen molar-refractivity contribution in [3.63, 3.8) is 0 Å². The number of Topliss-reactive ketones (excluding diaryl/α,β-unsaturated/α-hetero) is 1. The Labute approximate surface area is 175 Å². The van der Waals surface area contributed by atoms with E-state index in [2.05, 4.69) is 4.98 Å². The van der Waals surface area contributed by atoms with Gasteiger partial charge < -0.3 is 20.2 Å². The van der Waals surface area contributed by atoms with Crippen molar-refractivity contribution in [2.45, 2.75) is 34.2 Å². The number of pyridine rings is 1. The first-order chi connectivity index (χ1) is 14.1. The third-order valence-corrected chi connectivity index (χ3v) is 5.25. The minimum Gasteiger partial charge on any atom is -0.512 e. The lowest BCUT2D eigenvalue weighted by Gasteiger charge is -2.37. The summed E-state index contributed by atoms with van der Waals surface area (Å²) in [5.74, 6) is -0.334. The number of aliphatic hydroxyl groups excluding tert-OH is 1. The Morgan fingerprint density at radius 3 is 2.47 bits per heavy atom. The molecule has 3 rings (SSSR count). The molecule has 1 aliphatic heterocycles. The molecule has 0 unspecified atom stereocenters. The van der Waals surface area contributed by atoms with E-state index in [9.17, 15) is 14.7 Å². The Bertz CT molecular complexity index is 1070. The van der Waals surface area contributed by atoms with Crippen LogP contribution >= 0.6 is 0 Å². The number of ether oxygens (including phenoxy) is 1. The van der Waals surface area contributed by atoms with Gasteiger partial charge in [-0.1, -0.05) is 6.07 Å². The molecule has 2 heterocycles.